The summed E-state index contributed by atoms with van der Waals surface area (Å²) in [6.07, 6.45) is 7.91. The lowest BCUT2D eigenvalue weighted by Crippen LogP contribution is -2.31. The summed E-state index contributed by atoms with van der Waals surface area (Å²) in [5, 5.41) is 1.04. The number of ether oxygens (including phenoxy) is 1. The molecule has 1 aliphatic rings. The van der Waals surface area contributed by atoms with Crippen molar-refractivity contribution in [2.45, 2.75) is 57.5 Å². The number of halogens is 1. The smallest absolute Gasteiger partial charge is 0.303 e. The Kier molecular flexibility index (Phi) is 4.93. The van der Waals surface area contributed by atoms with Crippen LogP contribution in [0.25, 0.3) is 0 Å². The molecule has 0 unspecified atom stereocenters. The van der Waals surface area contributed by atoms with Gasteiger partial charge in [0.05, 0.1) is 0 Å². The highest BCUT2D eigenvalue weighted by molar-refractivity contribution is 9.09. The molecule has 82 valence electrons. The molecule has 1 aliphatic carbocycles. The van der Waals surface area contributed by atoms with Crippen LogP contribution < -0.4 is 0 Å². The van der Waals surface area contributed by atoms with Crippen LogP contribution in [0, 0.1) is 0 Å². The van der Waals surface area contributed by atoms with Crippen molar-refractivity contribution >= 4 is 21.9 Å². The number of rotatable bonds is 5. The van der Waals surface area contributed by atoms with Crippen molar-refractivity contribution in [1.82, 2.24) is 0 Å². The fourth-order valence-corrected chi connectivity index (χ4v) is 2.67. The molecule has 0 aromatic rings. The number of carbonyl (C=O) groups excluding carboxylic acids is 1. The van der Waals surface area contributed by atoms with Crippen molar-refractivity contribution < 1.29 is 9.53 Å². The summed E-state index contributed by atoms with van der Waals surface area (Å²) in [7, 11) is 0. The summed E-state index contributed by atoms with van der Waals surface area (Å²) in [6, 6.07) is 0. The molecule has 1 rings (SSSR count). The van der Waals surface area contributed by atoms with Crippen LogP contribution in [0.2, 0.25) is 0 Å². The van der Waals surface area contributed by atoms with Gasteiger partial charge < -0.3 is 4.74 Å². The van der Waals surface area contributed by atoms with Crippen LogP contribution in [0.3, 0.4) is 0 Å². The predicted octanol–water partition coefficient (Wildman–Crippen LogP) is 3.43. The summed E-state index contributed by atoms with van der Waals surface area (Å²) >= 11 is 3.42. The van der Waals surface area contributed by atoms with E-state index in [4.69, 9.17) is 4.74 Å². The van der Waals surface area contributed by atoms with E-state index in [0.717, 1.165) is 31.0 Å². The van der Waals surface area contributed by atoms with Crippen LogP contribution in [-0.4, -0.2) is 16.9 Å². The fourth-order valence-electron chi connectivity index (χ4n) is 2.27. The van der Waals surface area contributed by atoms with E-state index in [1.165, 1.54) is 26.2 Å². The average molecular weight is 263 g/mol. The van der Waals surface area contributed by atoms with E-state index in [0.29, 0.717) is 0 Å². The maximum atomic E-state index is 11.0. The fraction of sp³-hybridized carbons (Fsp3) is 0.909. The molecule has 0 aliphatic heterocycles. The lowest BCUT2D eigenvalue weighted by molar-refractivity contribution is -0.157. The minimum Gasteiger partial charge on any atom is -0.459 e. The second-order valence-electron chi connectivity index (χ2n) is 4.13. The molecule has 0 bridgehead atoms. The molecule has 2 nitrogen and oxygen atoms in total. The molecular weight excluding hydrogens is 244 g/mol. The molecule has 1 fully saturated rings. The number of unbranched alkanes of at least 4 members (excludes halogenated alkanes) is 1. The first-order valence-electron chi connectivity index (χ1n) is 5.44. The van der Waals surface area contributed by atoms with Gasteiger partial charge in [-0.3, -0.25) is 4.79 Å². The van der Waals surface area contributed by atoms with E-state index in [1.807, 2.05) is 0 Å². The van der Waals surface area contributed by atoms with E-state index >= 15 is 0 Å². The first kappa shape index (κ1) is 12.0. The number of hydrogen-bond acceptors (Lipinski definition) is 2. The number of carbonyl (C=O) groups is 1. The van der Waals surface area contributed by atoms with Gasteiger partial charge in [0.25, 0.3) is 0 Å². The van der Waals surface area contributed by atoms with Crippen molar-refractivity contribution in [1.29, 1.82) is 0 Å². The van der Waals surface area contributed by atoms with Gasteiger partial charge in [0.2, 0.25) is 0 Å². The molecule has 14 heavy (non-hydrogen) atoms. The van der Waals surface area contributed by atoms with E-state index in [-0.39, 0.29) is 11.6 Å². The van der Waals surface area contributed by atoms with Crippen LogP contribution in [0.1, 0.15) is 51.9 Å². The Morgan fingerprint density at radius 1 is 1.36 bits per heavy atom. The number of esters is 1. The van der Waals surface area contributed by atoms with Gasteiger partial charge in [0, 0.05) is 12.3 Å². The lowest BCUT2D eigenvalue weighted by atomic mass is 9.95. The summed E-state index contributed by atoms with van der Waals surface area (Å²) in [4.78, 5) is 11.0. The molecule has 0 aromatic carbocycles. The van der Waals surface area contributed by atoms with Crippen molar-refractivity contribution in [3.05, 3.63) is 0 Å². The molecular formula is C11H19BrO2. The summed E-state index contributed by atoms with van der Waals surface area (Å²) in [5.41, 5.74) is -0.103. The van der Waals surface area contributed by atoms with E-state index < -0.39 is 0 Å². The minimum absolute atomic E-state index is 0.103. The Morgan fingerprint density at radius 2 is 2.00 bits per heavy atom. The zero-order valence-electron chi connectivity index (χ0n) is 8.85. The molecule has 0 N–H and O–H groups in total. The van der Waals surface area contributed by atoms with Crippen molar-refractivity contribution in [2.24, 2.45) is 0 Å². The largest absolute Gasteiger partial charge is 0.459 e. The van der Waals surface area contributed by atoms with Gasteiger partial charge in [-0.1, -0.05) is 15.9 Å². The van der Waals surface area contributed by atoms with Crippen LogP contribution in [0.15, 0.2) is 0 Å². The Labute approximate surface area is 94.5 Å². The molecule has 0 amide bonds. The van der Waals surface area contributed by atoms with Gasteiger partial charge in [-0.05, 0) is 44.9 Å². The highest BCUT2D eigenvalue weighted by Crippen LogP contribution is 2.37. The molecule has 0 heterocycles. The molecule has 0 aromatic heterocycles. The second-order valence-corrected chi connectivity index (χ2v) is 4.92. The molecule has 3 heteroatoms. The van der Waals surface area contributed by atoms with E-state index in [2.05, 4.69) is 15.9 Å². The zero-order chi connectivity index (χ0) is 10.4. The van der Waals surface area contributed by atoms with Crippen LogP contribution in [-0.2, 0) is 9.53 Å². The van der Waals surface area contributed by atoms with Gasteiger partial charge in [0.15, 0.2) is 0 Å². The zero-order valence-corrected chi connectivity index (χ0v) is 10.4. The van der Waals surface area contributed by atoms with E-state index in [1.54, 1.807) is 0 Å². The van der Waals surface area contributed by atoms with Crippen molar-refractivity contribution in [2.75, 3.05) is 5.33 Å². The molecule has 0 atom stereocenters. The Balaban J connectivity index is 2.40. The Hall–Kier alpha value is -0.0500. The van der Waals surface area contributed by atoms with Crippen LogP contribution in [0.4, 0.5) is 0 Å². The molecule has 0 spiro atoms. The van der Waals surface area contributed by atoms with Crippen LogP contribution >= 0.6 is 15.9 Å². The first-order chi connectivity index (χ1) is 6.68. The van der Waals surface area contributed by atoms with Crippen LogP contribution in [0.5, 0.6) is 0 Å². The third-order valence-electron chi connectivity index (χ3n) is 2.89. The minimum atomic E-state index is -0.120. The van der Waals surface area contributed by atoms with Gasteiger partial charge in [0.1, 0.15) is 5.60 Å². The number of alkyl halides is 1. The molecule has 1 saturated carbocycles. The Morgan fingerprint density at radius 3 is 2.50 bits per heavy atom. The monoisotopic (exact) mass is 262 g/mol. The van der Waals surface area contributed by atoms with Gasteiger partial charge in [-0.2, -0.15) is 0 Å². The quantitative estimate of drug-likeness (QED) is 0.431. The highest BCUT2D eigenvalue weighted by atomic mass is 79.9. The summed E-state index contributed by atoms with van der Waals surface area (Å²) < 4.78 is 5.49. The normalized spacial score (nSPS) is 19.6. The topological polar surface area (TPSA) is 26.3 Å². The SMILES string of the molecule is CC(=O)OC1(CCCCBr)CCCC1. The maximum absolute atomic E-state index is 11.0. The van der Waals surface area contributed by atoms with Gasteiger partial charge >= 0.3 is 5.97 Å². The summed E-state index contributed by atoms with van der Waals surface area (Å²) in [6.45, 7) is 1.52. The lowest BCUT2D eigenvalue weighted by Gasteiger charge is -2.28. The highest BCUT2D eigenvalue weighted by Gasteiger charge is 2.36. The number of hydrogen-bond donors (Lipinski definition) is 0. The molecule has 0 saturated heterocycles. The predicted molar refractivity (Wildman–Crippen MR) is 60.6 cm³/mol. The maximum Gasteiger partial charge on any atom is 0.303 e. The second kappa shape index (κ2) is 5.74. The average Bonchev–Trinajstić information content (AvgIpc) is 2.53. The first-order valence-corrected chi connectivity index (χ1v) is 6.56. The summed E-state index contributed by atoms with van der Waals surface area (Å²) in [5.74, 6) is -0.120. The third kappa shape index (κ3) is 3.60. The van der Waals surface area contributed by atoms with Gasteiger partial charge in [-0.15, -0.1) is 0 Å². The molecule has 0 radical (unpaired) electrons. The third-order valence-corrected chi connectivity index (χ3v) is 3.45. The van der Waals surface area contributed by atoms with Crippen molar-refractivity contribution in [3.63, 3.8) is 0 Å². The standard InChI is InChI=1S/C11H19BrO2/c1-10(13)14-11(6-2-3-7-11)8-4-5-9-12/h2-9H2,1H3. The van der Waals surface area contributed by atoms with E-state index in [9.17, 15) is 4.79 Å². The van der Waals surface area contributed by atoms with Crippen molar-refractivity contribution in [3.8, 4) is 0 Å². The van der Waals surface area contributed by atoms with Gasteiger partial charge in [-0.25, -0.2) is 0 Å². The Bertz CT molecular complexity index is 186.